The van der Waals surface area contributed by atoms with Gasteiger partial charge in [0.2, 0.25) is 11.8 Å². The molecular formula is C15H27N3O3. The maximum Gasteiger partial charge on any atom is 0.248 e. The van der Waals surface area contributed by atoms with E-state index in [2.05, 4.69) is 10.2 Å². The molecule has 21 heavy (non-hydrogen) atoms. The van der Waals surface area contributed by atoms with Gasteiger partial charge in [-0.25, -0.2) is 0 Å². The lowest BCUT2D eigenvalue weighted by Gasteiger charge is -2.46. The largest absolute Gasteiger partial charge is 0.374 e. The van der Waals surface area contributed by atoms with Gasteiger partial charge in [-0.3, -0.25) is 9.59 Å². The number of nitrogens with one attached hydrogen (secondary N) is 1. The van der Waals surface area contributed by atoms with Crippen LogP contribution in [0.4, 0.5) is 0 Å². The lowest BCUT2D eigenvalue weighted by atomic mass is 9.91. The van der Waals surface area contributed by atoms with Crippen LogP contribution in [-0.4, -0.2) is 72.6 Å². The van der Waals surface area contributed by atoms with Crippen LogP contribution in [0.5, 0.6) is 0 Å². The van der Waals surface area contributed by atoms with Crippen molar-refractivity contribution < 1.29 is 14.3 Å². The molecule has 2 amide bonds. The summed E-state index contributed by atoms with van der Waals surface area (Å²) < 4.78 is 5.76. The minimum Gasteiger partial charge on any atom is -0.374 e. The van der Waals surface area contributed by atoms with E-state index < -0.39 is 11.6 Å². The number of rotatable bonds is 3. The van der Waals surface area contributed by atoms with Crippen molar-refractivity contribution in [3.8, 4) is 0 Å². The SMILES string of the molecule is CC(C)C1C(=O)NC(C)(C)C(=O)N1CC1CN(C)CCO1. The van der Waals surface area contributed by atoms with E-state index in [4.69, 9.17) is 4.74 Å². The van der Waals surface area contributed by atoms with Crippen LogP contribution in [0.25, 0.3) is 0 Å². The zero-order chi connectivity index (χ0) is 15.8. The number of carbonyl (C=O) groups is 2. The van der Waals surface area contributed by atoms with Crippen LogP contribution in [0.2, 0.25) is 0 Å². The number of nitrogens with zero attached hydrogens (tertiary/aromatic N) is 2. The van der Waals surface area contributed by atoms with E-state index in [9.17, 15) is 9.59 Å². The molecule has 6 heteroatoms. The van der Waals surface area contributed by atoms with Gasteiger partial charge in [0.15, 0.2) is 0 Å². The van der Waals surface area contributed by atoms with Crippen molar-refractivity contribution in [3.63, 3.8) is 0 Å². The van der Waals surface area contributed by atoms with E-state index in [0.717, 1.165) is 13.1 Å². The second kappa shape index (κ2) is 5.93. The highest BCUT2D eigenvalue weighted by atomic mass is 16.5. The highest BCUT2D eigenvalue weighted by Gasteiger charge is 2.47. The minimum absolute atomic E-state index is 0.0300. The molecule has 0 spiro atoms. The quantitative estimate of drug-likeness (QED) is 0.801. The summed E-state index contributed by atoms with van der Waals surface area (Å²) in [5.74, 6) is -0.0252. The second-order valence-electron chi connectivity index (χ2n) is 7.02. The molecular weight excluding hydrogens is 270 g/mol. The van der Waals surface area contributed by atoms with Crippen LogP contribution in [0.1, 0.15) is 27.7 Å². The molecule has 0 saturated carbocycles. The molecule has 2 atom stereocenters. The van der Waals surface area contributed by atoms with Crippen molar-refractivity contribution in [1.82, 2.24) is 15.1 Å². The molecule has 0 aliphatic carbocycles. The average Bonchev–Trinajstić information content (AvgIpc) is 2.34. The molecule has 0 aromatic carbocycles. The van der Waals surface area contributed by atoms with Gasteiger partial charge in [-0.2, -0.15) is 0 Å². The Morgan fingerprint density at radius 1 is 1.38 bits per heavy atom. The van der Waals surface area contributed by atoms with E-state index in [1.54, 1.807) is 18.7 Å². The molecule has 6 nitrogen and oxygen atoms in total. The Labute approximate surface area is 126 Å². The number of morpholine rings is 1. The Balaban J connectivity index is 2.18. The van der Waals surface area contributed by atoms with E-state index in [0.29, 0.717) is 13.2 Å². The summed E-state index contributed by atoms with van der Waals surface area (Å²) in [7, 11) is 2.05. The summed E-state index contributed by atoms with van der Waals surface area (Å²) in [5.41, 5.74) is -0.844. The highest BCUT2D eigenvalue weighted by molar-refractivity contribution is 5.99. The van der Waals surface area contributed by atoms with E-state index in [-0.39, 0.29) is 23.8 Å². The third-order valence-corrected chi connectivity index (χ3v) is 4.21. The van der Waals surface area contributed by atoms with Crippen LogP contribution >= 0.6 is 0 Å². The van der Waals surface area contributed by atoms with Gasteiger partial charge in [0, 0.05) is 19.6 Å². The first-order valence-corrected chi connectivity index (χ1v) is 7.65. The van der Waals surface area contributed by atoms with Crippen LogP contribution < -0.4 is 5.32 Å². The van der Waals surface area contributed by atoms with Crippen molar-refractivity contribution in [2.45, 2.75) is 45.4 Å². The van der Waals surface area contributed by atoms with Crippen molar-refractivity contribution in [2.75, 3.05) is 33.3 Å². The first-order valence-electron chi connectivity index (χ1n) is 7.65. The Morgan fingerprint density at radius 2 is 2.05 bits per heavy atom. The predicted octanol–water partition coefficient (Wildman–Crippen LogP) is 0.0786. The molecule has 2 unspecified atom stereocenters. The minimum atomic E-state index is -0.844. The summed E-state index contributed by atoms with van der Waals surface area (Å²) in [6.45, 7) is 10.3. The smallest absolute Gasteiger partial charge is 0.248 e. The van der Waals surface area contributed by atoms with Gasteiger partial charge >= 0.3 is 0 Å². The van der Waals surface area contributed by atoms with Crippen LogP contribution in [0, 0.1) is 5.92 Å². The molecule has 2 aliphatic heterocycles. The summed E-state index contributed by atoms with van der Waals surface area (Å²) in [6, 6.07) is -0.415. The fraction of sp³-hybridized carbons (Fsp3) is 0.867. The predicted molar refractivity (Wildman–Crippen MR) is 79.8 cm³/mol. The first-order chi connectivity index (χ1) is 9.72. The Kier molecular flexibility index (Phi) is 4.58. The maximum atomic E-state index is 12.7. The Bertz CT molecular complexity index is 422. The molecule has 1 N–H and O–H groups in total. The molecule has 0 aromatic rings. The molecule has 0 aromatic heterocycles. The summed E-state index contributed by atoms with van der Waals surface area (Å²) >= 11 is 0. The van der Waals surface area contributed by atoms with Crippen LogP contribution in [0.3, 0.4) is 0 Å². The standard InChI is InChI=1S/C15H27N3O3/c1-10(2)12-13(19)16-15(3,4)14(20)18(12)9-11-8-17(5)6-7-21-11/h10-12H,6-9H2,1-5H3,(H,16,19). The molecule has 0 bridgehead atoms. The summed E-state index contributed by atoms with van der Waals surface area (Å²) in [4.78, 5) is 29.0. The number of piperazine rings is 1. The normalized spacial score (nSPS) is 30.7. The monoisotopic (exact) mass is 297 g/mol. The van der Waals surface area contributed by atoms with Crippen molar-refractivity contribution >= 4 is 11.8 Å². The lowest BCUT2D eigenvalue weighted by Crippen LogP contribution is -2.70. The van der Waals surface area contributed by atoms with Gasteiger partial charge in [0.25, 0.3) is 0 Å². The van der Waals surface area contributed by atoms with E-state index in [1.807, 2.05) is 20.9 Å². The van der Waals surface area contributed by atoms with Gasteiger partial charge in [0.1, 0.15) is 11.6 Å². The number of hydrogen-bond acceptors (Lipinski definition) is 4. The van der Waals surface area contributed by atoms with Crippen molar-refractivity contribution in [2.24, 2.45) is 5.92 Å². The fourth-order valence-electron chi connectivity index (χ4n) is 3.12. The van der Waals surface area contributed by atoms with Crippen LogP contribution in [-0.2, 0) is 14.3 Å². The van der Waals surface area contributed by atoms with Crippen LogP contribution in [0.15, 0.2) is 0 Å². The molecule has 2 saturated heterocycles. The Hall–Kier alpha value is -1.14. The van der Waals surface area contributed by atoms with Crippen molar-refractivity contribution in [1.29, 1.82) is 0 Å². The third-order valence-electron chi connectivity index (χ3n) is 4.21. The Morgan fingerprint density at radius 3 is 2.62 bits per heavy atom. The lowest BCUT2D eigenvalue weighted by molar-refractivity contribution is -0.158. The molecule has 120 valence electrons. The molecule has 2 heterocycles. The van der Waals surface area contributed by atoms with Gasteiger partial charge in [-0.05, 0) is 26.8 Å². The van der Waals surface area contributed by atoms with Gasteiger partial charge in [0.05, 0.1) is 12.7 Å². The summed E-state index contributed by atoms with van der Waals surface area (Å²) in [6.07, 6.45) is -0.0318. The number of likely N-dealkylation sites (N-methyl/N-ethyl adjacent to an activating group) is 1. The molecule has 2 aliphatic rings. The first kappa shape index (κ1) is 16.2. The third kappa shape index (κ3) is 3.37. The topological polar surface area (TPSA) is 61.9 Å². The zero-order valence-corrected chi connectivity index (χ0v) is 13.7. The van der Waals surface area contributed by atoms with Gasteiger partial charge < -0.3 is 19.9 Å². The van der Waals surface area contributed by atoms with E-state index >= 15 is 0 Å². The van der Waals surface area contributed by atoms with E-state index in [1.165, 1.54) is 0 Å². The van der Waals surface area contributed by atoms with Gasteiger partial charge in [-0.1, -0.05) is 13.8 Å². The second-order valence-corrected chi connectivity index (χ2v) is 7.02. The maximum absolute atomic E-state index is 12.7. The number of hydrogen-bond donors (Lipinski definition) is 1. The highest BCUT2D eigenvalue weighted by Crippen LogP contribution is 2.23. The number of amides is 2. The van der Waals surface area contributed by atoms with Gasteiger partial charge in [-0.15, -0.1) is 0 Å². The number of carbonyl (C=O) groups excluding carboxylic acids is 2. The molecule has 0 radical (unpaired) electrons. The average molecular weight is 297 g/mol. The van der Waals surface area contributed by atoms with Crippen molar-refractivity contribution in [3.05, 3.63) is 0 Å². The fourth-order valence-corrected chi connectivity index (χ4v) is 3.12. The molecule has 2 rings (SSSR count). The number of ether oxygens (including phenoxy) is 1. The zero-order valence-electron chi connectivity index (χ0n) is 13.7. The summed E-state index contributed by atoms with van der Waals surface area (Å²) in [5, 5.41) is 2.83. The molecule has 2 fully saturated rings.